The third-order valence-corrected chi connectivity index (χ3v) is 7.31. The molecule has 10 nitrogen and oxygen atoms in total. The summed E-state index contributed by atoms with van der Waals surface area (Å²) in [6.07, 6.45) is 4.20. The summed E-state index contributed by atoms with van der Waals surface area (Å²) in [5.74, 6) is -0.445. The molecule has 4 rings (SSSR count). The number of nitrogens with one attached hydrogen (secondary N) is 1. The zero-order chi connectivity index (χ0) is 22.0. The van der Waals surface area contributed by atoms with Crippen molar-refractivity contribution in [2.24, 2.45) is 12.2 Å². The van der Waals surface area contributed by atoms with E-state index in [4.69, 9.17) is 9.57 Å². The van der Waals surface area contributed by atoms with E-state index in [1.165, 1.54) is 42.1 Å². The number of carbonyl (C=O) groups is 1. The van der Waals surface area contributed by atoms with Gasteiger partial charge >= 0.3 is 0 Å². The molecule has 31 heavy (non-hydrogen) atoms. The monoisotopic (exact) mass is 446 g/mol. The molecule has 1 atom stereocenters. The Bertz CT molecular complexity index is 1160. The van der Waals surface area contributed by atoms with E-state index in [0.717, 1.165) is 6.20 Å². The maximum atomic E-state index is 12.9. The average molecular weight is 446 g/mol. The highest BCUT2D eigenvalue weighted by Gasteiger charge is 2.36. The molecule has 0 radical (unpaired) electrons. The maximum Gasteiger partial charge on any atom is 0.279 e. The van der Waals surface area contributed by atoms with E-state index in [9.17, 15) is 18.0 Å². The minimum absolute atomic E-state index is 0.0436. The van der Waals surface area contributed by atoms with Crippen molar-refractivity contribution in [2.75, 3.05) is 18.5 Å². The van der Waals surface area contributed by atoms with Gasteiger partial charge in [-0.2, -0.15) is 0 Å². The molecule has 2 fully saturated rings. The number of nitrogens with zero attached hydrogens (tertiary/aromatic N) is 3. The van der Waals surface area contributed by atoms with Crippen LogP contribution in [0.5, 0.6) is 0 Å². The molecule has 164 valence electrons. The molecule has 2 aliphatic rings. The van der Waals surface area contributed by atoms with Crippen LogP contribution in [0.25, 0.3) is 0 Å². The fourth-order valence-electron chi connectivity index (χ4n) is 3.06. The normalized spacial score (nSPS) is 19.3. The second-order valence-corrected chi connectivity index (χ2v) is 9.70. The van der Waals surface area contributed by atoms with Crippen LogP contribution in [0, 0.1) is 0 Å². The van der Waals surface area contributed by atoms with Crippen molar-refractivity contribution < 1.29 is 22.8 Å². The van der Waals surface area contributed by atoms with Crippen LogP contribution in [0.1, 0.15) is 24.8 Å². The Kier molecular flexibility index (Phi) is 5.88. The molecule has 1 N–H and O–H groups in total. The van der Waals surface area contributed by atoms with Gasteiger partial charge in [0.1, 0.15) is 5.82 Å². The van der Waals surface area contributed by atoms with Crippen LogP contribution < -0.4 is 10.9 Å². The number of benzene rings is 1. The van der Waals surface area contributed by atoms with E-state index in [2.05, 4.69) is 15.5 Å². The van der Waals surface area contributed by atoms with Gasteiger partial charge < -0.3 is 19.5 Å². The summed E-state index contributed by atoms with van der Waals surface area (Å²) in [5, 5.41) is 6.29. The molecule has 1 amide bonds. The van der Waals surface area contributed by atoms with Crippen molar-refractivity contribution >= 4 is 27.3 Å². The third kappa shape index (κ3) is 4.83. The van der Waals surface area contributed by atoms with Crippen LogP contribution in [0.4, 0.5) is 5.82 Å². The van der Waals surface area contributed by atoms with E-state index in [-0.39, 0.29) is 33.3 Å². The molecule has 11 heteroatoms. The first-order chi connectivity index (χ1) is 14.8. The second kappa shape index (κ2) is 8.60. The molecule has 1 aliphatic heterocycles. The van der Waals surface area contributed by atoms with Crippen molar-refractivity contribution in [1.29, 1.82) is 0 Å². The lowest BCUT2D eigenvalue weighted by atomic mass is 10.1. The van der Waals surface area contributed by atoms with Gasteiger partial charge in [-0.05, 0) is 25.0 Å². The lowest BCUT2D eigenvalue weighted by molar-refractivity contribution is -0.110. The Morgan fingerprint density at radius 2 is 2.00 bits per heavy atom. The molecule has 1 aromatic carbocycles. The average Bonchev–Trinajstić information content (AvgIpc) is 3.49. The lowest BCUT2D eigenvalue weighted by Crippen LogP contribution is -2.27. The zero-order valence-corrected chi connectivity index (χ0v) is 17.7. The van der Waals surface area contributed by atoms with Gasteiger partial charge in [0, 0.05) is 25.2 Å². The summed E-state index contributed by atoms with van der Waals surface area (Å²) in [6.45, 7) is 0.927. The Morgan fingerprint density at radius 1 is 1.26 bits per heavy atom. The van der Waals surface area contributed by atoms with E-state index in [1.807, 2.05) is 0 Å². The summed E-state index contributed by atoms with van der Waals surface area (Å²) in [4.78, 5) is 34.0. The topological polar surface area (TPSA) is 129 Å². The van der Waals surface area contributed by atoms with Crippen molar-refractivity contribution in [2.45, 2.75) is 35.5 Å². The number of carbonyl (C=O) groups excluding carboxylic acids is 1. The van der Waals surface area contributed by atoms with Crippen LogP contribution in [0.15, 0.2) is 51.5 Å². The number of hydrogen-bond donors (Lipinski definition) is 1. The van der Waals surface area contributed by atoms with Gasteiger partial charge in [-0.15, -0.1) is 0 Å². The summed E-state index contributed by atoms with van der Waals surface area (Å²) >= 11 is 0. The lowest BCUT2D eigenvalue weighted by Gasteiger charge is -2.11. The minimum Gasteiger partial charge on any atom is -0.389 e. The minimum atomic E-state index is -3.34. The van der Waals surface area contributed by atoms with Gasteiger partial charge in [0.2, 0.25) is 0 Å². The van der Waals surface area contributed by atoms with E-state index >= 15 is 0 Å². The van der Waals surface area contributed by atoms with E-state index in [0.29, 0.717) is 38.0 Å². The fourth-order valence-corrected chi connectivity index (χ4v) is 4.72. The Morgan fingerprint density at radius 3 is 2.61 bits per heavy atom. The summed E-state index contributed by atoms with van der Waals surface area (Å²) in [6, 6.07) is 5.98. The quantitative estimate of drug-likeness (QED) is 0.493. The first-order valence-electron chi connectivity index (χ1n) is 9.84. The third-order valence-electron chi connectivity index (χ3n) is 5.03. The fraction of sp³-hybridized carbons (Fsp3) is 0.400. The van der Waals surface area contributed by atoms with Crippen LogP contribution in [0.2, 0.25) is 0 Å². The van der Waals surface area contributed by atoms with E-state index < -0.39 is 15.7 Å². The first-order valence-corrected chi connectivity index (χ1v) is 11.4. The molecular weight excluding hydrogens is 424 g/mol. The summed E-state index contributed by atoms with van der Waals surface area (Å²) < 4.78 is 31.4. The number of aromatic nitrogens is 2. The van der Waals surface area contributed by atoms with Gasteiger partial charge in [0.15, 0.2) is 21.7 Å². The predicted octanol–water partition coefficient (Wildman–Crippen LogP) is 0.865. The smallest absolute Gasteiger partial charge is 0.279 e. The molecule has 2 aromatic rings. The maximum absolute atomic E-state index is 12.9. The number of ether oxygens (including phenoxy) is 1. The van der Waals surface area contributed by atoms with Crippen molar-refractivity contribution in [3.63, 3.8) is 0 Å². The predicted molar refractivity (Wildman–Crippen MR) is 112 cm³/mol. The van der Waals surface area contributed by atoms with Gasteiger partial charge in [0.25, 0.3) is 11.5 Å². The zero-order valence-electron chi connectivity index (χ0n) is 16.9. The Balaban J connectivity index is 1.60. The molecule has 2 heterocycles. The first kappa shape index (κ1) is 21.2. The molecule has 1 aromatic heterocycles. The molecule has 0 bridgehead atoms. The SMILES string of the molecule is Cn1cc(NC(=O)C(=NO[C@@H]2CCOC2)c2ccc(S(=O)(=O)C3CC3)cc2)ncc1=O. The summed E-state index contributed by atoms with van der Waals surface area (Å²) in [7, 11) is -1.80. The highest BCUT2D eigenvalue weighted by molar-refractivity contribution is 7.92. The second-order valence-electron chi connectivity index (χ2n) is 7.48. The molecule has 0 unspecified atom stereocenters. The molecular formula is C20H22N4O6S. The molecule has 1 saturated heterocycles. The highest BCUT2D eigenvalue weighted by Crippen LogP contribution is 2.33. The number of sulfone groups is 1. The number of amides is 1. The van der Waals surface area contributed by atoms with Gasteiger partial charge in [0.05, 0.1) is 29.6 Å². The molecule has 1 saturated carbocycles. The number of hydrogen-bond acceptors (Lipinski definition) is 8. The number of oxime groups is 1. The molecule has 0 spiro atoms. The van der Waals surface area contributed by atoms with Crippen molar-refractivity contribution in [3.8, 4) is 0 Å². The van der Waals surface area contributed by atoms with Gasteiger partial charge in [-0.3, -0.25) is 9.59 Å². The van der Waals surface area contributed by atoms with Crippen LogP contribution in [-0.2, 0) is 31.3 Å². The van der Waals surface area contributed by atoms with Crippen LogP contribution in [-0.4, -0.2) is 54.2 Å². The van der Waals surface area contributed by atoms with Crippen LogP contribution >= 0.6 is 0 Å². The number of anilines is 1. The largest absolute Gasteiger partial charge is 0.389 e. The Labute approximate surface area is 178 Å². The number of aryl methyl sites for hydroxylation is 1. The van der Waals surface area contributed by atoms with Gasteiger partial charge in [-0.1, -0.05) is 17.3 Å². The van der Waals surface area contributed by atoms with Gasteiger partial charge in [-0.25, -0.2) is 13.4 Å². The highest BCUT2D eigenvalue weighted by atomic mass is 32.2. The van der Waals surface area contributed by atoms with E-state index in [1.54, 1.807) is 0 Å². The van der Waals surface area contributed by atoms with Crippen LogP contribution in [0.3, 0.4) is 0 Å². The summed E-state index contributed by atoms with van der Waals surface area (Å²) in [5.41, 5.74) is 0.0258. The van der Waals surface area contributed by atoms with Crippen molar-refractivity contribution in [3.05, 3.63) is 52.6 Å². The standard InChI is InChI=1S/C20H22N4O6S/c1-24-11-17(21-10-18(24)25)22-20(26)19(23-30-14-8-9-29-12-14)13-2-4-15(5-3-13)31(27,28)16-6-7-16/h2-5,10-11,14,16H,6-9,12H2,1H3,(H,22,26)/t14-/m1/s1. The Hall–Kier alpha value is -3.05. The molecule has 1 aliphatic carbocycles. The van der Waals surface area contributed by atoms with Crippen molar-refractivity contribution in [1.82, 2.24) is 9.55 Å². The number of rotatable bonds is 7.